The Morgan fingerprint density at radius 2 is 2.17 bits per heavy atom. The van der Waals surface area contributed by atoms with Crippen LogP contribution < -0.4 is 5.73 Å². The van der Waals surface area contributed by atoms with Crippen molar-refractivity contribution in [1.82, 2.24) is 4.90 Å². The number of halogens is 2. The second-order valence-electron chi connectivity index (χ2n) is 4.06. The predicted molar refractivity (Wildman–Crippen MR) is 63.1 cm³/mol. The first-order chi connectivity index (χ1) is 8.56. The number of carbonyl (C=O) groups is 1. The summed E-state index contributed by atoms with van der Waals surface area (Å²) < 4.78 is 27.0. The fraction of sp³-hybridized carbons (Fsp3) is 0.333. The minimum atomic E-state index is -0.989. The number of carbonyl (C=O) groups excluding carboxylic acids is 1. The molecule has 0 aliphatic carbocycles. The Hall–Kier alpha value is -1.98. The molecule has 1 aliphatic rings. The van der Waals surface area contributed by atoms with Crippen molar-refractivity contribution in [3.63, 3.8) is 0 Å². The first-order valence-electron chi connectivity index (χ1n) is 5.64. The highest BCUT2D eigenvalue weighted by atomic mass is 19.2. The molecule has 1 atom stereocenters. The third kappa shape index (κ3) is 1.94. The summed E-state index contributed by atoms with van der Waals surface area (Å²) in [6.45, 7) is 2.27. The molecule has 1 aromatic rings. The first-order valence-corrected chi connectivity index (χ1v) is 5.64. The van der Waals surface area contributed by atoms with Crippen molar-refractivity contribution in [1.29, 1.82) is 0 Å². The third-order valence-corrected chi connectivity index (χ3v) is 2.80. The largest absolute Gasteiger partial charge is 0.385 e. The van der Waals surface area contributed by atoms with Gasteiger partial charge in [0.15, 0.2) is 11.6 Å². The Morgan fingerprint density at radius 3 is 2.83 bits per heavy atom. The molecular formula is C12H13F2N3O. The van der Waals surface area contributed by atoms with E-state index in [2.05, 4.69) is 4.99 Å². The van der Waals surface area contributed by atoms with E-state index in [9.17, 15) is 13.6 Å². The van der Waals surface area contributed by atoms with Crippen molar-refractivity contribution < 1.29 is 13.6 Å². The van der Waals surface area contributed by atoms with E-state index in [1.807, 2.05) is 6.92 Å². The van der Waals surface area contributed by atoms with Gasteiger partial charge in [0.05, 0.1) is 0 Å². The molecule has 0 spiro atoms. The molecule has 0 saturated carbocycles. The molecule has 0 radical (unpaired) electrons. The van der Waals surface area contributed by atoms with E-state index >= 15 is 0 Å². The van der Waals surface area contributed by atoms with Crippen molar-refractivity contribution in [3.05, 3.63) is 35.4 Å². The van der Waals surface area contributed by atoms with E-state index in [1.54, 1.807) is 0 Å². The van der Waals surface area contributed by atoms with Crippen molar-refractivity contribution in [2.75, 3.05) is 6.54 Å². The summed E-state index contributed by atoms with van der Waals surface area (Å²) in [5, 5.41) is 0. The molecule has 2 N–H and O–H groups in total. The molecule has 18 heavy (non-hydrogen) atoms. The van der Waals surface area contributed by atoms with Crippen molar-refractivity contribution in [3.8, 4) is 0 Å². The Morgan fingerprint density at radius 1 is 1.44 bits per heavy atom. The smallest absolute Gasteiger partial charge is 0.346 e. The number of amides is 2. The number of aliphatic imine (C=N–C) groups is 1. The van der Waals surface area contributed by atoms with Gasteiger partial charge in [0.1, 0.15) is 11.9 Å². The van der Waals surface area contributed by atoms with E-state index < -0.39 is 23.7 Å². The van der Waals surface area contributed by atoms with Gasteiger partial charge in [-0.2, -0.15) is 4.99 Å². The lowest BCUT2D eigenvalue weighted by Crippen LogP contribution is -2.34. The summed E-state index contributed by atoms with van der Waals surface area (Å²) >= 11 is 0. The van der Waals surface area contributed by atoms with E-state index in [0.717, 1.165) is 6.07 Å². The molecule has 2 rings (SSSR count). The molecule has 0 saturated heterocycles. The minimum absolute atomic E-state index is 0.00190. The first kappa shape index (κ1) is 12.5. The van der Waals surface area contributed by atoms with Crippen LogP contribution >= 0.6 is 0 Å². The van der Waals surface area contributed by atoms with Crippen molar-refractivity contribution in [2.24, 2.45) is 10.7 Å². The zero-order chi connectivity index (χ0) is 13.3. The van der Waals surface area contributed by atoms with Crippen LogP contribution in [0.1, 0.15) is 24.9 Å². The van der Waals surface area contributed by atoms with Crippen LogP contribution in [-0.4, -0.2) is 23.3 Å². The Labute approximate surface area is 103 Å². The van der Waals surface area contributed by atoms with Crippen LogP contribution in [0.15, 0.2) is 23.2 Å². The Balaban J connectivity index is 2.44. The highest BCUT2D eigenvalue weighted by Gasteiger charge is 2.36. The molecular weight excluding hydrogens is 240 g/mol. The van der Waals surface area contributed by atoms with Crippen LogP contribution in [0.25, 0.3) is 0 Å². The number of nitrogens with zero attached hydrogens (tertiary/aromatic N) is 2. The molecule has 2 amide bonds. The lowest BCUT2D eigenvalue weighted by molar-refractivity contribution is 0.205. The summed E-state index contributed by atoms with van der Waals surface area (Å²) in [6.07, 6.45) is 0.683. The van der Waals surface area contributed by atoms with Crippen LogP contribution in [0, 0.1) is 11.6 Å². The second kappa shape index (κ2) is 4.72. The molecule has 0 bridgehead atoms. The van der Waals surface area contributed by atoms with Crippen LogP contribution in [-0.2, 0) is 0 Å². The molecule has 4 nitrogen and oxygen atoms in total. The summed E-state index contributed by atoms with van der Waals surface area (Å²) in [5.74, 6) is -1.95. The summed E-state index contributed by atoms with van der Waals surface area (Å²) in [6, 6.07) is 2.49. The van der Waals surface area contributed by atoms with Gasteiger partial charge < -0.3 is 10.6 Å². The van der Waals surface area contributed by atoms with E-state index in [4.69, 9.17) is 5.73 Å². The topological polar surface area (TPSA) is 58.7 Å². The lowest BCUT2D eigenvalue weighted by atomic mass is 10.0. The van der Waals surface area contributed by atoms with Crippen molar-refractivity contribution in [2.45, 2.75) is 19.4 Å². The molecule has 6 heteroatoms. The maximum absolute atomic E-state index is 13.7. The zero-order valence-electron chi connectivity index (χ0n) is 9.86. The standard InChI is InChI=1S/C12H13F2N3O/c1-2-6-17-10(11(15)16-12(17)18)7-4-3-5-8(13)9(7)14/h3-5,10H,2,6H2,1H3,(H2,15,16,18). The van der Waals surface area contributed by atoms with Gasteiger partial charge in [-0.15, -0.1) is 0 Å². The number of hydrogen-bond acceptors (Lipinski definition) is 2. The van der Waals surface area contributed by atoms with E-state index in [1.165, 1.54) is 17.0 Å². The maximum atomic E-state index is 13.7. The van der Waals surface area contributed by atoms with Gasteiger partial charge in [-0.1, -0.05) is 19.1 Å². The molecule has 1 heterocycles. The summed E-state index contributed by atoms with van der Waals surface area (Å²) in [7, 11) is 0. The highest BCUT2D eigenvalue weighted by molar-refractivity contribution is 6.03. The van der Waals surface area contributed by atoms with Gasteiger partial charge >= 0.3 is 6.03 Å². The molecule has 1 unspecified atom stereocenters. The van der Waals surface area contributed by atoms with Gasteiger partial charge in [0, 0.05) is 12.1 Å². The van der Waals surface area contributed by atoms with Crippen LogP contribution in [0.3, 0.4) is 0 Å². The van der Waals surface area contributed by atoms with Crippen LogP contribution in [0.5, 0.6) is 0 Å². The number of benzene rings is 1. The van der Waals surface area contributed by atoms with Gasteiger partial charge in [-0.25, -0.2) is 13.6 Å². The monoisotopic (exact) mass is 253 g/mol. The molecule has 0 fully saturated rings. The minimum Gasteiger partial charge on any atom is -0.385 e. The number of nitrogens with two attached hydrogens (primary N) is 1. The quantitative estimate of drug-likeness (QED) is 0.897. The Bertz CT molecular complexity index is 516. The van der Waals surface area contributed by atoms with Gasteiger partial charge in [-0.3, -0.25) is 0 Å². The number of amidine groups is 1. The number of urea groups is 1. The van der Waals surface area contributed by atoms with Crippen LogP contribution in [0.2, 0.25) is 0 Å². The third-order valence-electron chi connectivity index (χ3n) is 2.80. The van der Waals surface area contributed by atoms with Gasteiger partial charge in [0.2, 0.25) is 0 Å². The lowest BCUT2D eigenvalue weighted by Gasteiger charge is -2.24. The fourth-order valence-corrected chi connectivity index (χ4v) is 2.03. The average Bonchev–Trinajstić information content (AvgIpc) is 2.59. The molecule has 1 aliphatic heterocycles. The van der Waals surface area contributed by atoms with E-state index in [-0.39, 0.29) is 11.4 Å². The van der Waals surface area contributed by atoms with Crippen molar-refractivity contribution >= 4 is 11.9 Å². The average molecular weight is 253 g/mol. The van der Waals surface area contributed by atoms with Gasteiger partial charge in [-0.05, 0) is 12.5 Å². The summed E-state index contributed by atoms with van der Waals surface area (Å²) in [5.41, 5.74) is 5.68. The normalized spacial score (nSPS) is 19.3. The zero-order valence-corrected chi connectivity index (χ0v) is 9.86. The maximum Gasteiger partial charge on any atom is 0.346 e. The predicted octanol–water partition coefficient (Wildman–Crippen LogP) is 2.21. The molecule has 0 aromatic heterocycles. The fourth-order valence-electron chi connectivity index (χ4n) is 2.03. The van der Waals surface area contributed by atoms with Gasteiger partial charge in [0.25, 0.3) is 0 Å². The summed E-state index contributed by atoms with van der Waals surface area (Å²) in [4.78, 5) is 16.5. The molecule has 1 aromatic carbocycles. The SMILES string of the molecule is CCCN1C(=O)N=C(N)C1c1cccc(F)c1F. The molecule has 96 valence electrons. The second-order valence-corrected chi connectivity index (χ2v) is 4.06. The van der Waals surface area contributed by atoms with Crippen LogP contribution in [0.4, 0.5) is 13.6 Å². The van der Waals surface area contributed by atoms with E-state index in [0.29, 0.717) is 13.0 Å². The Kier molecular flexibility index (Phi) is 3.27. The highest BCUT2D eigenvalue weighted by Crippen LogP contribution is 2.29. The number of hydrogen-bond donors (Lipinski definition) is 1. The number of rotatable bonds is 3.